The molecule has 0 bridgehead atoms. The zero-order valence-electron chi connectivity index (χ0n) is 11.1. The summed E-state index contributed by atoms with van der Waals surface area (Å²) in [5.74, 6) is 0.200. The van der Waals surface area contributed by atoms with E-state index in [0.29, 0.717) is 6.47 Å². The summed E-state index contributed by atoms with van der Waals surface area (Å²) in [6, 6.07) is 5.64. The molecule has 1 heterocycles. The Hall–Kier alpha value is -1.14. The quantitative estimate of drug-likeness (QED) is 0.607. The van der Waals surface area contributed by atoms with Crippen molar-refractivity contribution in [2.75, 3.05) is 0 Å². The molecule has 0 radical (unpaired) electrons. The zero-order chi connectivity index (χ0) is 15.1. The van der Waals surface area contributed by atoms with Crippen molar-refractivity contribution in [2.45, 2.75) is 26.4 Å². The molecule has 2 aromatic rings. The van der Waals surface area contributed by atoms with Crippen molar-refractivity contribution in [3.8, 4) is 5.75 Å². The van der Waals surface area contributed by atoms with Crippen LogP contribution in [-0.2, 0) is 9.53 Å². The van der Waals surface area contributed by atoms with Crippen LogP contribution in [-0.4, -0.2) is 22.7 Å². The number of pyridine rings is 1. The van der Waals surface area contributed by atoms with Crippen LogP contribution in [0.5, 0.6) is 5.75 Å². The van der Waals surface area contributed by atoms with Gasteiger partial charge in [0.05, 0.1) is 12.3 Å². The van der Waals surface area contributed by atoms with Gasteiger partial charge in [0.15, 0.2) is 0 Å². The molecule has 1 atom stereocenters. The van der Waals surface area contributed by atoms with Crippen LogP contribution in [0, 0.1) is 0 Å². The van der Waals surface area contributed by atoms with Crippen LogP contribution in [0.25, 0.3) is 10.8 Å². The lowest BCUT2D eigenvalue weighted by Gasteiger charge is -2.02. The van der Waals surface area contributed by atoms with E-state index in [4.69, 9.17) is 0 Å². The lowest BCUT2D eigenvalue weighted by atomic mass is 10.2. The molecule has 1 aromatic heterocycles. The molecular weight excluding hydrogens is 390 g/mol. The fourth-order valence-electron chi connectivity index (χ4n) is 1.36. The number of carbonyl (C=O) groups is 1. The highest BCUT2D eigenvalue weighted by Gasteiger charge is 2.04. The van der Waals surface area contributed by atoms with Crippen molar-refractivity contribution in [3.63, 3.8) is 0 Å². The van der Waals surface area contributed by atoms with Crippen LogP contribution in [0.1, 0.15) is 20.3 Å². The highest BCUT2D eigenvalue weighted by molar-refractivity contribution is 9.11. The minimum Gasteiger partial charge on any atom is -0.506 e. The van der Waals surface area contributed by atoms with Gasteiger partial charge in [-0.05, 0) is 47.5 Å². The number of fused-ring (bicyclic) bond motifs is 1. The first-order chi connectivity index (χ1) is 9.49. The van der Waals surface area contributed by atoms with E-state index in [1.807, 2.05) is 32.0 Å². The second-order valence-electron chi connectivity index (χ2n) is 4.08. The van der Waals surface area contributed by atoms with Crippen molar-refractivity contribution in [2.24, 2.45) is 0 Å². The molecule has 0 aliphatic carbocycles. The Kier molecular flexibility index (Phi) is 6.95. The van der Waals surface area contributed by atoms with E-state index in [1.54, 1.807) is 0 Å². The minimum atomic E-state index is 0.0810. The Balaban J connectivity index is 0.000000246. The molecule has 0 aliphatic rings. The molecule has 2 rings (SSSR count). The molecule has 0 amide bonds. The Bertz CT molecular complexity index is 590. The number of hydrogen-bond acceptors (Lipinski definition) is 4. The first-order valence-corrected chi connectivity index (χ1v) is 7.60. The molecule has 108 valence electrons. The van der Waals surface area contributed by atoms with Gasteiger partial charge in [-0.2, -0.15) is 0 Å². The van der Waals surface area contributed by atoms with Crippen LogP contribution in [0.15, 0.2) is 33.5 Å². The van der Waals surface area contributed by atoms with Gasteiger partial charge >= 0.3 is 0 Å². The fourth-order valence-corrected chi connectivity index (χ4v) is 2.15. The van der Waals surface area contributed by atoms with E-state index >= 15 is 0 Å². The van der Waals surface area contributed by atoms with Crippen molar-refractivity contribution in [3.05, 3.63) is 33.5 Å². The van der Waals surface area contributed by atoms with Crippen molar-refractivity contribution in [1.29, 1.82) is 0 Å². The summed E-state index contributed by atoms with van der Waals surface area (Å²) >= 11 is 6.68. The summed E-state index contributed by atoms with van der Waals surface area (Å²) in [5, 5.41) is 11.2. The van der Waals surface area contributed by atoms with Crippen molar-refractivity contribution in [1.82, 2.24) is 4.98 Å². The number of ether oxygens (including phenoxy) is 1. The maximum Gasteiger partial charge on any atom is 0.293 e. The van der Waals surface area contributed by atoms with Gasteiger partial charge in [0.25, 0.3) is 6.47 Å². The number of carbonyl (C=O) groups excluding carboxylic acids is 1. The summed E-state index contributed by atoms with van der Waals surface area (Å²) in [6.07, 6.45) is 2.40. The summed E-state index contributed by atoms with van der Waals surface area (Å²) < 4.78 is 6.21. The van der Waals surface area contributed by atoms with Crippen LogP contribution >= 0.6 is 31.9 Å². The predicted molar refractivity (Wildman–Crippen MR) is 85.7 cm³/mol. The van der Waals surface area contributed by atoms with Gasteiger partial charge in [-0.15, -0.1) is 0 Å². The number of hydrogen-bond donors (Lipinski definition) is 1. The second kappa shape index (κ2) is 8.21. The van der Waals surface area contributed by atoms with Crippen molar-refractivity contribution >= 4 is 49.1 Å². The van der Waals surface area contributed by atoms with E-state index in [-0.39, 0.29) is 11.9 Å². The van der Waals surface area contributed by atoms with E-state index < -0.39 is 0 Å². The van der Waals surface area contributed by atoms with E-state index in [1.165, 1.54) is 6.20 Å². The molecule has 1 aromatic carbocycles. The topological polar surface area (TPSA) is 59.4 Å². The van der Waals surface area contributed by atoms with Crippen LogP contribution in [0.4, 0.5) is 0 Å². The monoisotopic (exact) mass is 403 g/mol. The van der Waals surface area contributed by atoms with Gasteiger partial charge < -0.3 is 9.84 Å². The SMILES string of the molecule is CCC(C)OC=O.Oc1cnc(Br)c2cc(Br)ccc12. The Morgan fingerprint density at radius 1 is 1.40 bits per heavy atom. The smallest absolute Gasteiger partial charge is 0.293 e. The maximum absolute atomic E-state index is 9.55. The average molecular weight is 405 g/mol. The molecular formula is C14H15Br2NO3. The lowest BCUT2D eigenvalue weighted by molar-refractivity contribution is -0.132. The molecule has 4 nitrogen and oxygen atoms in total. The summed E-state index contributed by atoms with van der Waals surface area (Å²) in [5.41, 5.74) is 0. The van der Waals surface area contributed by atoms with Gasteiger partial charge in [-0.3, -0.25) is 4.79 Å². The maximum atomic E-state index is 9.55. The number of halogens is 2. The molecule has 0 saturated heterocycles. The third-order valence-corrected chi connectivity index (χ3v) is 3.77. The number of nitrogens with zero attached hydrogens (tertiary/aromatic N) is 1. The first-order valence-electron chi connectivity index (χ1n) is 6.01. The van der Waals surface area contributed by atoms with Crippen LogP contribution < -0.4 is 0 Å². The Labute approximate surface area is 134 Å². The van der Waals surface area contributed by atoms with E-state index in [9.17, 15) is 9.90 Å². The predicted octanol–water partition coefficient (Wildman–Crippen LogP) is 4.42. The van der Waals surface area contributed by atoms with Crippen LogP contribution in [0.2, 0.25) is 0 Å². The van der Waals surface area contributed by atoms with Gasteiger partial charge in [0.1, 0.15) is 10.4 Å². The largest absolute Gasteiger partial charge is 0.506 e. The Morgan fingerprint density at radius 2 is 2.10 bits per heavy atom. The highest BCUT2D eigenvalue weighted by Crippen LogP contribution is 2.30. The number of benzene rings is 1. The summed E-state index contributed by atoms with van der Waals surface area (Å²) in [4.78, 5) is 13.5. The van der Waals surface area contributed by atoms with Crippen LogP contribution in [0.3, 0.4) is 0 Å². The molecule has 0 saturated carbocycles. The first kappa shape index (κ1) is 16.9. The molecule has 0 spiro atoms. The van der Waals surface area contributed by atoms with Gasteiger partial charge in [0, 0.05) is 15.2 Å². The van der Waals surface area contributed by atoms with E-state index in [0.717, 1.165) is 26.3 Å². The fraction of sp³-hybridized carbons (Fsp3) is 0.286. The molecule has 0 fully saturated rings. The average Bonchev–Trinajstić information content (AvgIpc) is 2.44. The van der Waals surface area contributed by atoms with E-state index in [2.05, 4.69) is 41.6 Å². The molecule has 6 heteroatoms. The summed E-state index contributed by atoms with van der Waals surface area (Å²) in [7, 11) is 0. The molecule has 0 aliphatic heterocycles. The standard InChI is InChI=1S/C9H5Br2NO.C5H10O2/c10-5-1-2-6-7(3-5)9(11)12-4-8(6)13;1-3-5(2)7-4-6/h1-4,13H;4-5H,3H2,1-2H3. The second-order valence-corrected chi connectivity index (χ2v) is 5.74. The number of aromatic nitrogens is 1. The number of aromatic hydroxyl groups is 1. The molecule has 20 heavy (non-hydrogen) atoms. The molecule has 1 unspecified atom stereocenters. The highest BCUT2D eigenvalue weighted by atomic mass is 79.9. The van der Waals surface area contributed by atoms with Gasteiger partial charge in [-0.25, -0.2) is 4.98 Å². The van der Waals surface area contributed by atoms with Gasteiger partial charge in [-0.1, -0.05) is 22.9 Å². The third kappa shape index (κ3) is 4.76. The minimum absolute atomic E-state index is 0.0810. The lowest BCUT2D eigenvalue weighted by Crippen LogP contribution is -2.03. The van der Waals surface area contributed by atoms with Crippen molar-refractivity contribution < 1.29 is 14.6 Å². The third-order valence-electron chi connectivity index (χ3n) is 2.64. The summed E-state index contributed by atoms with van der Waals surface area (Å²) in [6.45, 7) is 4.30. The molecule has 1 N–H and O–H groups in total. The zero-order valence-corrected chi connectivity index (χ0v) is 14.3. The van der Waals surface area contributed by atoms with Gasteiger partial charge in [0.2, 0.25) is 0 Å². The normalized spacial score (nSPS) is 11.4. The number of rotatable bonds is 3. The Morgan fingerprint density at radius 3 is 2.65 bits per heavy atom.